The van der Waals surface area contributed by atoms with Crippen LogP contribution in [0, 0.1) is 0 Å². The molecule has 2 aromatic rings. The van der Waals surface area contributed by atoms with E-state index in [1.54, 1.807) is 13.2 Å². The van der Waals surface area contributed by atoms with Crippen LogP contribution in [-0.2, 0) is 0 Å². The highest BCUT2D eigenvalue weighted by Gasteiger charge is 2.04. The van der Waals surface area contributed by atoms with Gasteiger partial charge in [-0.05, 0) is 24.3 Å². The van der Waals surface area contributed by atoms with Crippen molar-refractivity contribution in [3.05, 3.63) is 24.3 Å². The normalized spacial score (nSPS) is 10.3. The second-order valence-corrected chi connectivity index (χ2v) is 2.77. The molecule has 0 radical (unpaired) electrons. The summed E-state index contributed by atoms with van der Waals surface area (Å²) < 4.78 is 10.4. The van der Waals surface area contributed by atoms with E-state index in [1.807, 2.05) is 18.2 Å². The van der Waals surface area contributed by atoms with Crippen LogP contribution in [0.2, 0.25) is 0 Å². The van der Waals surface area contributed by atoms with Crippen molar-refractivity contribution in [3.8, 4) is 5.75 Å². The molecule has 0 amide bonds. The zero-order valence-electron chi connectivity index (χ0n) is 7.28. The minimum atomic E-state index is -0.0724. The lowest BCUT2D eigenvalue weighted by atomic mass is 9.98. The largest absolute Gasteiger partial charge is 0.497 e. The maximum absolute atomic E-state index is 8.84. The molecule has 0 aliphatic rings. The van der Waals surface area contributed by atoms with Gasteiger partial charge in [-0.2, -0.15) is 0 Å². The van der Waals surface area contributed by atoms with Gasteiger partial charge < -0.3 is 14.2 Å². The fourth-order valence-electron chi connectivity index (χ4n) is 1.28. The first-order chi connectivity index (χ1) is 6.33. The molecular weight excluding hydrogens is 167 g/mol. The number of rotatable bonds is 2. The second kappa shape index (κ2) is 3.14. The SMILES string of the molecule is COc1ccc2oc(BO)cc2c1. The molecule has 66 valence electrons. The monoisotopic (exact) mass is 176 g/mol. The number of hydrogen-bond acceptors (Lipinski definition) is 3. The highest BCUT2D eigenvalue weighted by atomic mass is 16.5. The van der Waals surface area contributed by atoms with Crippen LogP contribution in [0.15, 0.2) is 28.7 Å². The van der Waals surface area contributed by atoms with E-state index in [9.17, 15) is 0 Å². The molecular formula is C9H9BO3. The van der Waals surface area contributed by atoms with Crippen LogP contribution in [0.4, 0.5) is 0 Å². The quantitative estimate of drug-likeness (QED) is 0.673. The summed E-state index contributed by atoms with van der Waals surface area (Å²) >= 11 is 0. The Bertz CT molecular complexity index is 420. The predicted molar refractivity (Wildman–Crippen MR) is 51.8 cm³/mol. The van der Waals surface area contributed by atoms with Crippen LogP contribution in [-0.4, -0.2) is 19.6 Å². The summed E-state index contributed by atoms with van der Waals surface area (Å²) in [5, 5.41) is 9.79. The topological polar surface area (TPSA) is 42.6 Å². The van der Waals surface area contributed by atoms with Crippen molar-refractivity contribution < 1.29 is 14.2 Å². The van der Waals surface area contributed by atoms with Gasteiger partial charge in [-0.15, -0.1) is 0 Å². The van der Waals surface area contributed by atoms with E-state index in [1.165, 1.54) is 0 Å². The third-order valence-electron chi connectivity index (χ3n) is 1.93. The Balaban J connectivity index is 2.57. The fraction of sp³-hybridized carbons (Fsp3) is 0.111. The summed E-state index contributed by atoms with van der Waals surface area (Å²) in [5.41, 5.74) is 1.34. The molecule has 0 bridgehead atoms. The summed E-state index contributed by atoms with van der Waals surface area (Å²) in [7, 11) is 1.55. The highest BCUT2D eigenvalue weighted by molar-refractivity contribution is 6.44. The molecule has 1 aromatic heterocycles. The molecule has 1 N–H and O–H groups in total. The molecule has 1 aromatic carbocycles. The van der Waals surface area contributed by atoms with Gasteiger partial charge >= 0.3 is 7.48 Å². The van der Waals surface area contributed by atoms with E-state index in [0.29, 0.717) is 5.66 Å². The Morgan fingerprint density at radius 2 is 2.23 bits per heavy atom. The van der Waals surface area contributed by atoms with Gasteiger partial charge in [-0.3, -0.25) is 0 Å². The van der Waals surface area contributed by atoms with Crippen LogP contribution >= 0.6 is 0 Å². The Morgan fingerprint density at radius 1 is 1.38 bits per heavy atom. The van der Waals surface area contributed by atoms with Gasteiger partial charge in [0.2, 0.25) is 0 Å². The van der Waals surface area contributed by atoms with E-state index in [4.69, 9.17) is 14.2 Å². The van der Waals surface area contributed by atoms with Gasteiger partial charge in [0, 0.05) is 5.39 Å². The molecule has 0 saturated carbocycles. The summed E-state index contributed by atoms with van der Waals surface area (Å²) in [5.74, 6) is 0.790. The molecule has 2 rings (SSSR count). The van der Waals surface area contributed by atoms with E-state index >= 15 is 0 Å². The summed E-state index contributed by atoms with van der Waals surface area (Å²) in [6, 6.07) is 7.33. The lowest BCUT2D eigenvalue weighted by Gasteiger charge is -1.96. The number of ether oxygens (including phenoxy) is 1. The van der Waals surface area contributed by atoms with Crippen molar-refractivity contribution in [2.75, 3.05) is 7.11 Å². The zero-order chi connectivity index (χ0) is 9.26. The number of benzene rings is 1. The summed E-state index contributed by atoms with van der Waals surface area (Å²) in [4.78, 5) is 0. The Hall–Kier alpha value is -1.42. The van der Waals surface area contributed by atoms with Crippen LogP contribution in [0.1, 0.15) is 0 Å². The molecule has 0 fully saturated rings. The third kappa shape index (κ3) is 1.40. The molecule has 4 heteroatoms. The number of fused-ring (bicyclic) bond motifs is 1. The molecule has 0 spiro atoms. The standard InChI is InChI=1S/C9H9BO3/c1-12-7-2-3-8-6(4-7)5-9(10-11)13-8/h2-5,10-11H,1H3. The first-order valence-electron chi connectivity index (χ1n) is 4.01. The lowest BCUT2D eigenvalue weighted by molar-refractivity contribution is 0.415. The smallest absolute Gasteiger partial charge is 0.347 e. The van der Waals surface area contributed by atoms with Gasteiger partial charge in [-0.1, -0.05) is 0 Å². The molecule has 0 aliphatic carbocycles. The van der Waals surface area contributed by atoms with Crippen LogP contribution in [0.3, 0.4) is 0 Å². The van der Waals surface area contributed by atoms with Gasteiger partial charge in [0.15, 0.2) is 0 Å². The lowest BCUT2D eigenvalue weighted by Crippen LogP contribution is -2.08. The Morgan fingerprint density at radius 3 is 2.92 bits per heavy atom. The van der Waals surface area contributed by atoms with E-state index in [0.717, 1.165) is 16.7 Å². The van der Waals surface area contributed by atoms with Gasteiger partial charge in [0.1, 0.15) is 11.3 Å². The zero-order valence-corrected chi connectivity index (χ0v) is 7.28. The van der Waals surface area contributed by atoms with Crippen molar-refractivity contribution >= 4 is 24.1 Å². The van der Waals surface area contributed by atoms with Gasteiger partial charge in [0.25, 0.3) is 0 Å². The average molecular weight is 176 g/mol. The van der Waals surface area contributed by atoms with Crippen molar-refractivity contribution in [2.45, 2.75) is 0 Å². The summed E-state index contributed by atoms with van der Waals surface area (Å²) in [6.45, 7) is 0. The fourth-order valence-corrected chi connectivity index (χ4v) is 1.28. The van der Waals surface area contributed by atoms with Gasteiger partial charge in [0.05, 0.1) is 12.8 Å². The number of methoxy groups -OCH3 is 1. The van der Waals surface area contributed by atoms with E-state index in [2.05, 4.69) is 0 Å². The van der Waals surface area contributed by atoms with Crippen molar-refractivity contribution in [2.24, 2.45) is 0 Å². The average Bonchev–Trinajstić information content (AvgIpc) is 2.58. The maximum atomic E-state index is 8.84. The molecule has 13 heavy (non-hydrogen) atoms. The molecule has 0 aliphatic heterocycles. The highest BCUT2D eigenvalue weighted by Crippen LogP contribution is 2.19. The van der Waals surface area contributed by atoms with E-state index < -0.39 is 0 Å². The molecule has 3 nitrogen and oxygen atoms in total. The molecule has 0 atom stereocenters. The van der Waals surface area contributed by atoms with Crippen molar-refractivity contribution in [1.82, 2.24) is 0 Å². The number of hydrogen-bond donors (Lipinski definition) is 1. The third-order valence-corrected chi connectivity index (χ3v) is 1.93. The second-order valence-electron chi connectivity index (χ2n) is 2.77. The van der Waals surface area contributed by atoms with Crippen LogP contribution in [0.5, 0.6) is 5.75 Å². The first-order valence-corrected chi connectivity index (χ1v) is 4.01. The van der Waals surface area contributed by atoms with Crippen LogP contribution in [0.25, 0.3) is 11.0 Å². The minimum absolute atomic E-state index is 0.0724. The molecule has 0 unspecified atom stereocenters. The van der Waals surface area contributed by atoms with Crippen LogP contribution < -0.4 is 10.4 Å². The number of furan rings is 1. The van der Waals surface area contributed by atoms with E-state index in [-0.39, 0.29) is 7.48 Å². The van der Waals surface area contributed by atoms with Crippen molar-refractivity contribution in [1.29, 1.82) is 0 Å². The minimum Gasteiger partial charge on any atom is -0.497 e. The summed E-state index contributed by atoms with van der Waals surface area (Å²) in [6.07, 6.45) is 0. The molecule has 0 saturated heterocycles. The van der Waals surface area contributed by atoms with Gasteiger partial charge in [-0.25, -0.2) is 0 Å². The first kappa shape index (κ1) is 8.20. The predicted octanol–water partition coefficient (Wildman–Crippen LogP) is 0.410. The molecule has 1 heterocycles. The van der Waals surface area contributed by atoms with Crippen molar-refractivity contribution in [3.63, 3.8) is 0 Å². The maximum Gasteiger partial charge on any atom is 0.347 e. The Kier molecular flexibility index (Phi) is 1.98. The Labute approximate surface area is 76.2 Å².